The molecule has 2 saturated heterocycles. The molecule has 2 aliphatic heterocycles. The van der Waals surface area contributed by atoms with Crippen LogP contribution < -0.4 is 0 Å². The van der Waals surface area contributed by atoms with Crippen LogP contribution in [0.4, 0.5) is 0 Å². The summed E-state index contributed by atoms with van der Waals surface area (Å²) < 4.78 is 1.80. The van der Waals surface area contributed by atoms with Crippen molar-refractivity contribution in [3.63, 3.8) is 0 Å². The average Bonchev–Trinajstić information content (AvgIpc) is 3.14. The van der Waals surface area contributed by atoms with Crippen molar-refractivity contribution in [1.29, 1.82) is 0 Å². The van der Waals surface area contributed by atoms with E-state index in [4.69, 9.17) is 5.11 Å². The minimum absolute atomic E-state index is 0.0971. The summed E-state index contributed by atoms with van der Waals surface area (Å²) in [6, 6.07) is 0.163. The van der Waals surface area contributed by atoms with E-state index in [2.05, 4.69) is 29.1 Å². The van der Waals surface area contributed by atoms with Crippen LogP contribution in [0.1, 0.15) is 44.8 Å². The zero-order chi connectivity index (χ0) is 16.4. The monoisotopic (exact) mass is 321 g/mol. The first-order chi connectivity index (χ1) is 11.0. The molecule has 2 fully saturated rings. The van der Waals surface area contributed by atoms with Crippen molar-refractivity contribution < 1.29 is 9.90 Å². The molecule has 7 heteroatoms. The molecule has 23 heavy (non-hydrogen) atoms. The molecule has 3 rings (SSSR count). The summed E-state index contributed by atoms with van der Waals surface area (Å²) in [5.74, 6) is 0.217. The van der Waals surface area contributed by atoms with Crippen LogP contribution in [0.3, 0.4) is 0 Å². The zero-order valence-corrected chi connectivity index (χ0v) is 14.1. The predicted molar refractivity (Wildman–Crippen MR) is 85.6 cm³/mol. The van der Waals surface area contributed by atoms with Crippen LogP contribution in [0.15, 0.2) is 6.20 Å². The summed E-state index contributed by atoms with van der Waals surface area (Å²) in [5.41, 5.74) is 0.902. The van der Waals surface area contributed by atoms with E-state index in [1.807, 2.05) is 4.90 Å². The van der Waals surface area contributed by atoms with Gasteiger partial charge in [0.2, 0.25) is 5.91 Å². The molecule has 128 valence electrons. The lowest BCUT2D eigenvalue weighted by atomic mass is 9.93. The first-order valence-electron chi connectivity index (χ1n) is 8.48. The highest BCUT2D eigenvalue weighted by Gasteiger charge is 2.32. The van der Waals surface area contributed by atoms with Gasteiger partial charge in [-0.3, -0.25) is 9.69 Å². The molecule has 0 bridgehead atoms. The largest absolute Gasteiger partial charge is 0.390 e. The zero-order valence-electron chi connectivity index (χ0n) is 14.1. The van der Waals surface area contributed by atoms with Gasteiger partial charge in [0.15, 0.2) is 0 Å². The minimum Gasteiger partial charge on any atom is -0.390 e. The van der Waals surface area contributed by atoms with Gasteiger partial charge in [0, 0.05) is 19.6 Å². The number of hydrogen-bond acceptors (Lipinski definition) is 5. The van der Waals surface area contributed by atoms with E-state index in [1.54, 1.807) is 10.9 Å². The SMILES string of the molecule is CC1(C)CCN(CC(=O)N2CCCC(n3cc(CO)nn3)C2)C1. The minimum atomic E-state index is -0.0971. The summed E-state index contributed by atoms with van der Waals surface area (Å²) in [6.45, 7) is 8.47. The molecule has 1 aromatic rings. The number of aliphatic hydroxyl groups excluding tert-OH is 1. The van der Waals surface area contributed by atoms with Crippen molar-refractivity contribution in [2.75, 3.05) is 32.7 Å². The number of amides is 1. The molecule has 0 radical (unpaired) electrons. The van der Waals surface area contributed by atoms with E-state index < -0.39 is 0 Å². The van der Waals surface area contributed by atoms with Crippen LogP contribution in [-0.2, 0) is 11.4 Å². The van der Waals surface area contributed by atoms with Crippen molar-refractivity contribution in [2.24, 2.45) is 5.41 Å². The molecule has 2 aliphatic rings. The lowest BCUT2D eigenvalue weighted by Gasteiger charge is -2.33. The quantitative estimate of drug-likeness (QED) is 0.882. The third kappa shape index (κ3) is 3.90. The average molecular weight is 321 g/mol. The lowest BCUT2D eigenvalue weighted by molar-refractivity contribution is -0.134. The van der Waals surface area contributed by atoms with Crippen molar-refractivity contribution in [3.05, 3.63) is 11.9 Å². The Morgan fingerprint density at radius 1 is 1.43 bits per heavy atom. The highest BCUT2D eigenvalue weighted by atomic mass is 16.3. The highest BCUT2D eigenvalue weighted by Crippen LogP contribution is 2.29. The summed E-state index contributed by atoms with van der Waals surface area (Å²) >= 11 is 0. The Kier molecular flexibility index (Phi) is 4.68. The van der Waals surface area contributed by atoms with Crippen LogP contribution in [0, 0.1) is 5.41 Å². The van der Waals surface area contributed by atoms with Gasteiger partial charge in [-0.15, -0.1) is 5.10 Å². The molecule has 7 nitrogen and oxygen atoms in total. The molecule has 1 amide bonds. The van der Waals surface area contributed by atoms with Crippen molar-refractivity contribution in [2.45, 2.75) is 45.8 Å². The number of carbonyl (C=O) groups is 1. The normalized spacial score (nSPS) is 25.0. The Morgan fingerprint density at radius 2 is 2.26 bits per heavy atom. The molecule has 1 unspecified atom stereocenters. The van der Waals surface area contributed by atoms with Crippen LogP contribution in [0.5, 0.6) is 0 Å². The van der Waals surface area contributed by atoms with Crippen LogP contribution in [0.2, 0.25) is 0 Å². The van der Waals surface area contributed by atoms with E-state index in [0.29, 0.717) is 24.2 Å². The number of aliphatic hydroxyl groups is 1. The van der Waals surface area contributed by atoms with Gasteiger partial charge in [-0.05, 0) is 31.2 Å². The third-order valence-electron chi connectivity index (χ3n) is 4.96. The fourth-order valence-electron chi connectivity index (χ4n) is 3.61. The van der Waals surface area contributed by atoms with Gasteiger partial charge in [-0.2, -0.15) is 0 Å². The van der Waals surface area contributed by atoms with Gasteiger partial charge in [-0.1, -0.05) is 19.1 Å². The number of rotatable bonds is 4. The summed E-state index contributed by atoms with van der Waals surface area (Å²) in [4.78, 5) is 16.8. The number of likely N-dealkylation sites (tertiary alicyclic amines) is 2. The molecule has 1 aromatic heterocycles. The van der Waals surface area contributed by atoms with E-state index >= 15 is 0 Å². The van der Waals surface area contributed by atoms with Gasteiger partial charge >= 0.3 is 0 Å². The summed E-state index contributed by atoms with van der Waals surface area (Å²) in [5, 5.41) is 17.1. The van der Waals surface area contributed by atoms with Gasteiger partial charge in [0.25, 0.3) is 0 Å². The standard InChI is InChI=1S/C16H27N5O2/c1-16(2)5-7-19(12-16)10-15(23)20-6-3-4-14(9-20)21-8-13(11-22)17-18-21/h8,14,22H,3-7,9-12H2,1-2H3. The second-order valence-corrected chi connectivity index (χ2v) is 7.61. The maximum atomic E-state index is 12.6. The maximum absolute atomic E-state index is 12.6. The van der Waals surface area contributed by atoms with E-state index in [0.717, 1.165) is 38.9 Å². The number of nitrogens with zero attached hydrogens (tertiary/aromatic N) is 5. The Bertz CT molecular complexity index is 556. The molecule has 3 heterocycles. The number of hydrogen-bond donors (Lipinski definition) is 1. The Morgan fingerprint density at radius 3 is 2.91 bits per heavy atom. The molecular weight excluding hydrogens is 294 g/mol. The second-order valence-electron chi connectivity index (χ2n) is 7.61. The smallest absolute Gasteiger partial charge is 0.236 e. The van der Waals surface area contributed by atoms with Crippen molar-refractivity contribution in [3.8, 4) is 0 Å². The molecule has 0 spiro atoms. The fraction of sp³-hybridized carbons (Fsp3) is 0.812. The predicted octanol–water partition coefficient (Wildman–Crippen LogP) is 0.666. The van der Waals surface area contributed by atoms with Crippen molar-refractivity contribution in [1.82, 2.24) is 24.8 Å². The number of piperidine rings is 1. The van der Waals surface area contributed by atoms with Crippen LogP contribution in [0.25, 0.3) is 0 Å². The van der Waals surface area contributed by atoms with Crippen LogP contribution in [-0.4, -0.2) is 68.5 Å². The number of carbonyl (C=O) groups excluding carboxylic acids is 1. The van der Waals surface area contributed by atoms with Gasteiger partial charge in [0.05, 0.1) is 25.4 Å². The molecular formula is C16H27N5O2. The van der Waals surface area contributed by atoms with E-state index in [1.165, 1.54) is 0 Å². The highest BCUT2D eigenvalue weighted by molar-refractivity contribution is 5.78. The summed E-state index contributed by atoms with van der Waals surface area (Å²) in [6.07, 6.45) is 4.92. The molecule has 0 aliphatic carbocycles. The van der Waals surface area contributed by atoms with Gasteiger partial charge in [-0.25, -0.2) is 4.68 Å². The molecule has 1 atom stereocenters. The maximum Gasteiger partial charge on any atom is 0.236 e. The first kappa shape index (κ1) is 16.4. The number of aromatic nitrogens is 3. The fourth-order valence-corrected chi connectivity index (χ4v) is 3.61. The van der Waals surface area contributed by atoms with Crippen molar-refractivity contribution >= 4 is 5.91 Å². The molecule has 0 aromatic carbocycles. The van der Waals surface area contributed by atoms with Gasteiger partial charge in [0.1, 0.15) is 5.69 Å². The molecule has 0 saturated carbocycles. The third-order valence-corrected chi connectivity index (χ3v) is 4.96. The Labute approximate surface area is 137 Å². The summed E-state index contributed by atoms with van der Waals surface area (Å²) in [7, 11) is 0. The lowest BCUT2D eigenvalue weighted by Crippen LogP contribution is -2.45. The van der Waals surface area contributed by atoms with E-state index in [9.17, 15) is 4.79 Å². The van der Waals surface area contributed by atoms with E-state index in [-0.39, 0.29) is 18.6 Å². The van der Waals surface area contributed by atoms with Crippen LogP contribution >= 0.6 is 0 Å². The topological polar surface area (TPSA) is 74.5 Å². The first-order valence-corrected chi connectivity index (χ1v) is 8.48. The van der Waals surface area contributed by atoms with Gasteiger partial charge < -0.3 is 10.0 Å². The second kappa shape index (κ2) is 6.57. The Hall–Kier alpha value is -1.47. The molecule has 1 N–H and O–H groups in total. The Balaban J connectivity index is 1.56.